The lowest BCUT2D eigenvalue weighted by Gasteiger charge is -2.37. The van der Waals surface area contributed by atoms with Crippen LogP contribution in [-0.2, 0) is 12.0 Å². The maximum absolute atomic E-state index is 6.08. The summed E-state index contributed by atoms with van der Waals surface area (Å²) in [7, 11) is 0. The number of nitrogens with two attached hydrogens (primary N) is 1. The molecule has 108 valence electrons. The highest BCUT2D eigenvalue weighted by atomic mass is 16.5. The topological polar surface area (TPSA) is 68.2 Å². The van der Waals surface area contributed by atoms with Crippen molar-refractivity contribution in [3.63, 3.8) is 0 Å². The predicted octanol–water partition coefficient (Wildman–Crippen LogP) is 2.07. The molecule has 0 spiro atoms. The van der Waals surface area contributed by atoms with Crippen molar-refractivity contribution >= 4 is 0 Å². The minimum atomic E-state index is -0.0653. The fourth-order valence-electron chi connectivity index (χ4n) is 2.61. The van der Waals surface area contributed by atoms with Crippen LogP contribution >= 0.6 is 0 Å². The molecule has 0 aromatic carbocycles. The van der Waals surface area contributed by atoms with Gasteiger partial charge in [-0.15, -0.1) is 0 Å². The van der Waals surface area contributed by atoms with Crippen LogP contribution in [0.25, 0.3) is 0 Å². The Morgan fingerprint density at radius 2 is 2.16 bits per heavy atom. The van der Waals surface area contributed by atoms with Crippen LogP contribution in [0.15, 0.2) is 4.52 Å². The zero-order valence-electron chi connectivity index (χ0n) is 12.5. The molecule has 5 heteroatoms. The normalized spacial score (nSPS) is 23.5. The number of likely N-dealkylation sites (tertiary alicyclic amines) is 1. The molecule has 1 aliphatic rings. The summed E-state index contributed by atoms with van der Waals surface area (Å²) in [4.78, 5) is 6.89. The van der Waals surface area contributed by atoms with Crippen LogP contribution in [0.2, 0.25) is 0 Å². The van der Waals surface area contributed by atoms with Crippen molar-refractivity contribution in [3.05, 3.63) is 11.7 Å². The largest absolute Gasteiger partial charge is 0.338 e. The Morgan fingerprint density at radius 1 is 1.42 bits per heavy atom. The Hall–Kier alpha value is -0.940. The highest BCUT2D eigenvalue weighted by Crippen LogP contribution is 2.23. The highest BCUT2D eigenvalue weighted by Gasteiger charge is 2.28. The van der Waals surface area contributed by atoms with E-state index in [9.17, 15) is 0 Å². The summed E-state index contributed by atoms with van der Waals surface area (Å²) in [5, 5.41) is 4.08. The molecule has 5 nitrogen and oxygen atoms in total. The van der Waals surface area contributed by atoms with E-state index in [-0.39, 0.29) is 11.5 Å². The second kappa shape index (κ2) is 5.59. The Bertz CT molecular complexity index is 408. The van der Waals surface area contributed by atoms with Crippen molar-refractivity contribution in [2.24, 2.45) is 5.73 Å². The van der Waals surface area contributed by atoms with Gasteiger partial charge >= 0.3 is 0 Å². The van der Waals surface area contributed by atoms with Crippen LogP contribution < -0.4 is 5.73 Å². The molecule has 0 amide bonds. The van der Waals surface area contributed by atoms with Crippen molar-refractivity contribution in [1.29, 1.82) is 0 Å². The van der Waals surface area contributed by atoms with Gasteiger partial charge in [-0.2, -0.15) is 4.98 Å². The van der Waals surface area contributed by atoms with Gasteiger partial charge in [0.2, 0.25) is 5.89 Å². The van der Waals surface area contributed by atoms with E-state index in [0.717, 1.165) is 25.3 Å². The first-order valence-electron chi connectivity index (χ1n) is 7.20. The second-order valence-electron chi connectivity index (χ2n) is 6.65. The van der Waals surface area contributed by atoms with Crippen LogP contribution in [0.1, 0.15) is 58.7 Å². The SMILES string of the molecule is CC(N)C1CCCCN1Cc1nc(C(C)(C)C)no1. The van der Waals surface area contributed by atoms with Crippen molar-refractivity contribution in [1.82, 2.24) is 15.0 Å². The third-order valence-corrected chi connectivity index (χ3v) is 3.75. The molecule has 0 bridgehead atoms. The van der Waals surface area contributed by atoms with E-state index >= 15 is 0 Å². The maximum Gasteiger partial charge on any atom is 0.240 e. The molecule has 2 N–H and O–H groups in total. The van der Waals surface area contributed by atoms with Crippen molar-refractivity contribution in [2.45, 2.75) is 71.0 Å². The van der Waals surface area contributed by atoms with Gasteiger partial charge in [0.25, 0.3) is 0 Å². The average molecular weight is 266 g/mol. The minimum Gasteiger partial charge on any atom is -0.338 e. The summed E-state index contributed by atoms with van der Waals surface area (Å²) in [6, 6.07) is 0.615. The highest BCUT2D eigenvalue weighted by molar-refractivity contribution is 5.00. The van der Waals surface area contributed by atoms with Gasteiger partial charge in [0.1, 0.15) is 0 Å². The minimum absolute atomic E-state index is 0.0653. The molecular formula is C14H26N4O. The average Bonchev–Trinajstić information content (AvgIpc) is 2.77. The molecule has 0 radical (unpaired) electrons. The first kappa shape index (κ1) is 14.5. The number of nitrogens with zero attached hydrogens (tertiary/aromatic N) is 3. The summed E-state index contributed by atoms with van der Waals surface area (Å²) < 4.78 is 5.38. The Labute approximate surface area is 115 Å². The first-order valence-corrected chi connectivity index (χ1v) is 7.20. The predicted molar refractivity (Wildman–Crippen MR) is 74.7 cm³/mol. The Kier molecular flexibility index (Phi) is 4.26. The van der Waals surface area contributed by atoms with E-state index in [1.165, 1.54) is 12.8 Å². The molecule has 1 aromatic rings. The van der Waals surface area contributed by atoms with E-state index in [0.29, 0.717) is 11.9 Å². The zero-order chi connectivity index (χ0) is 14.0. The summed E-state index contributed by atoms with van der Waals surface area (Å²) in [5.74, 6) is 1.48. The third kappa shape index (κ3) is 3.54. The monoisotopic (exact) mass is 266 g/mol. The quantitative estimate of drug-likeness (QED) is 0.907. The molecule has 0 aliphatic carbocycles. The van der Waals surface area contributed by atoms with Crippen molar-refractivity contribution < 1.29 is 4.52 Å². The Balaban J connectivity index is 2.05. The summed E-state index contributed by atoms with van der Waals surface area (Å²) in [5.41, 5.74) is 6.01. The lowest BCUT2D eigenvalue weighted by atomic mass is 9.96. The van der Waals surface area contributed by atoms with Crippen LogP contribution in [0.4, 0.5) is 0 Å². The van der Waals surface area contributed by atoms with Gasteiger partial charge in [-0.1, -0.05) is 32.3 Å². The van der Waals surface area contributed by atoms with Gasteiger partial charge in [0, 0.05) is 17.5 Å². The molecule has 1 fully saturated rings. The molecule has 2 atom stereocenters. The molecular weight excluding hydrogens is 240 g/mol. The summed E-state index contributed by atoms with van der Waals surface area (Å²) >= 11 is 0. The zero-order valence-corrected chi connectivity index (χ0v) is 12.5. The van der Waals surface area contributed by atoms with E-state index in [1.807, 2.05) is 0 Å². The summed E-state index contributed by atoms with van der Waals surface area (Å²) in [6.07, 6.45) is 3.65. The molecule has 0 saturated carbocycles. The van der Waals surface area contributed by atoms with E-state index in [2.05, 4.69) is 42.7 Å². The smallest absolute Gasteiger partial charge is 0.240 e. The van der Waals surface area contributed by atoms with Gasteiger partial charge in [-0.3, -0.25) is 4.90 Å². The van der Waals surface area contributed by atoms with Gasteiger partial charge in [0.05, 0.1) is 6.54 Å². The molecule has 1 saturated heterocycles. The number of hydrogen-bond donors (Lipinski definition) is 1. The van der Waals surface area contributed by atoms with Gasteiger partial charge in [-0.05, 0) is 26.3 Å². The van der Waals surface area contributed by atoms with Crippen molar-refractivity contribution in [2.75, 3.05) is 6.54 Å². The van der Waals surface area contributed by atoms with Gasteiger partial charge < -0.3 is 10.3 Å². The third-order valence-electron chi connectivity index (χ3n) is 3.75. The summed E-state index contributed by atoms with van der Waals surface area (Å²) in [6.45, 7) is 10.1. The molecule has 2 unspecified atom stereocenters. The lowest BCUT2D eigenvalue weighted by molar-refractivity contribution is 0.109. The first-order chi connectivity index (χ1) is 8.88. The van der Waals surface area contributed by atoms with Crippen LogP contribution in [0.5, 0.6) is 0 Å². The number of piperidine rings is 1. The molecule has 19 heavy (non-hydrogen) atoms. The van der Waals surface area contributed by atoms with E-state index in [1.54, 1.807) is 0 Å². The van der Waals surface area contributed by atoms with E-state index in [4.69, 9.17) is 10.3 Å². The molecule has 2 heterocycles. The number of rotatable bonds is 3. The van der Waals surface area contributed by atoms with Crippen molar-refractivity contribution in [3.8, 4) is 0 Å². The fourth-order valence-corrected chi connectivity index (χ4v) is 2.61. The Morgan fingerprint density at radius 3 is 2.74 bits per heavy atom. The van der Waals surface area contributed by atoms with Crippen LogP contribution in [0.3, 0.4) is 0 Å². The number of aromatic nitrogens is 2. The van der Waals surface area contributed by atoms with E-state index < -0.39 is 0 Å². The molecule has 1 aromatic heterocycles. The lowest BCUT2D eigenvalue weighted by Crippen LogP contribution is -2.48. The maximum atomic E-state index is 6.08. The molecule has 1 aliphatic heterocycles. The van der Waals surface area contributed by atoms with Gasteiger partial charge in [-0.25, -0.2) is 0 Å². The standard InChI is InChI=1S/C14H26N4O/c1-10(15)11-7-5-6-8-18(11)9-12-16-13(17-19-12)14(2,3)4/h10-11H,5-9,15H2,1-4H3. The molecule has 2 rings (SSSR count). The fraction of sp³-hybridized carbons (Fsp3) is 0.857. The van der Waals surface area contributed by atoms with Crippen LogP contribution in [0, 0.1) is 0 Å². The van der Waals surface area contributed by atoms with Gasteiger partial charge in [0.15, 0.2) is 5.82 Å². The van der Waals surface area contributed by atoms with Crippen LogP contribution in [-0.4, -0.2) is 33.7 Å². The number of hydrogen-bond acceptors (Lipinski definition) is 5. The second-order valence-corrected chi connectivity index (χ2v) is 6.65.